The Labute approximate surface area is 121 Å². The zero-order valence-corrected chi connectivity index (χ0v) is 11.4. The lowest BCUT2D eigenvalue weighted by atomic mass is 10.2. The van der Waals surface area contributed by atoms with E-state index in [4.69, 9.17) is 5.26 Å². The molecule has 1 aromatic carbocycles. The van der Waals surface area contributed by atoms with Crippen LogP contribution in [0, 0.1) is 17.1 Å². The van der Waals surface area contributed by atoms with E-state index in [1.165, 1.54) is 18.3 Å². The molecule has 0 radical (unpaired) electrons. The number of hydrogen-bond acceptors (Lipinski definition) is 4. The summed E-state index contributed by atoms with van der Waals surface area (Å²) in [4.78, 5) is 16.2. The lowest BCUT2D eigenvalue weighted by Crippen LogP contribution is -2.13. The van der Waals surface area contributed by atoms with Gasteiger partial charge < -0.3 is 10.6 Å². The Bertz CT molecular complexity index is 709. The third kappa shape index (κ3) is 3.54. The number of rotatable bonds is 4. The van der Waals surface area contributed by atoms with Crippen LogP contribution in [0.3, 0.4) is 0 Å². The number of halogens is 1. The zero-order valence-electron chi connectivity index (χ0n) is 11.4. The molecule has 0 atom stereocenters. The van der Waals surface area contributed by atoms with Crippen molar-refractivity contribution in [2.75, 3.05) is 17.2 Å². The molecule has 2 rings (SSSR count). The van der Waals surface area contributed by atoms with E-state index in [0.717, 1.165) is 6.07 Å². The molecule has 0 bridgehead atoms. The Kier molecular flexibility index (Phi) is 4.46. The van der Waals surface area contributed by atoms with Crippen LogP contribution in [0.4, 0.5) is 15.9 Å². The van der Waals surface area contributed by atoms with Crippen LogP contribution in [0.2, 0.25) is 0 Å². The maximum atomic E-state index is 13.2. The molecule has 0 aliphatic heterocycles. The van der Waals surface area contributed by atoms with Crippen molar-refractivity contribution in [3.05, 3.63) is 53.5 Å². The van der Waals surface area contributed by atoms with E-state index >= 15 is 0 Å². The molecule has 1 amide bonds. The highest BCUT2D eigenvalue weighted by Gasteiger charge is 2.09. The summed E-state index contributed by atoms with van der Waals surface area (Å²) < 4.78 is 13.2. The van der Waals surface area contributed by atoms with Gasteiger partial charge in [-0.1, -0.05) is 0 Å². The summed E-state index contributed by atoms with van der Waals surface area (Å²) in [6.45, 7) is 2.62. The molecular weight excluding hydrogens is 271 g/mol. The monoisotopic (exact) mass is 284 g/mol. The van der Waals surface area contributed by atoms with Crippen molar-refractivity contribution in [1.82, 2.24) is 4.98 Å². The summed E-state index contributed by atoms with van der Waals surface area (Å²) in [6, 6.07) is 8.76. The summed E-state index contributed by atoms with van der Waals surface area (Å²) in [5.74, 6) is -0.372. The second kappa shape index (κ2) is 6.48. The van der Waals surface area contributed by atoms with Gasteiger partial charge in [0.1, 0.15) is 17.7 Å². The molecule has 0 spiro atoms. The van der Waals surface area contributed by atoms with E-state index in [-0.39, 0.29) is 11.5 Å². The summed E-state index contributed by atoms with van der Waals surface area (Å²) in [6.07, 6.45) is 1.53. The fourth-order valence-electron chi connectivity index (χ4n) is 1.74. The SMILES string of the molecule is CCNc1cc(C(=O)Nc2ccc(F)c(C#N)c2)ccn1. The van der Waals surface area contributed by atoms with Crippen molar-refractivity contribution in [3.8, 4) is 6.07 Å². The minimum absolute atomic E-state index is 0.115. The summed E-state index contributed by atoms with van der Waals surface area (Å²) in [5, 5.41) is 14.4. The van der Waals surface area contributed by atoms with Crippen LogP contribution in [-0.4, -0.2) is 17.4 Å². The van der Waals surface area contributed by atoms with Crippen molar-refractivity contribution in [1.29, 1.82) is 5.26 Å². The number of carbonyl (C=O) groups excluding carboxylic acids is 1. The summed E-state index contributed by atoms with van der Waals surface area (Å²) in [7, 11) is 0. The third-order valence-electron chi connectivity index (χ3n) is 2.72. The predicted octanol–water partition coefficient (Wildman–Crippen LogP) is 2.78. The smallest absolute Gasteiger partial charge is 0.255 e. The molecule has 0 unspecified atom stereocenters. The normalized spacial score (nSPS) is 9.76. The average molecular weight is 284 g/mol. The molecular formula is C15H13FN4O. The lowest BCUT2D eigenvalue weighted by Gasteiger charge is -2.07. The van der Waals surface area contributed by atoms with Gasteiger partial charge in [-0.25, -0.2) is 9.37 Å². The molecule has 0 saturated heterocycles. The van der Waals surface area contributed by atoms with Crippen LogP contribution < -0.4 is 10.6 Å². The molecule has 1 heterocycles. The van der Waals surface area contributed by atoms with Gasteiger partial charge >= 0.3 is 0 Å². The average Bonchev–Trinajstić information content (AvgIpc) is 2.50. The van der Waals surface area contributed by atoms with Crippen molar-refractivity contribution in [3.63, 3.8) is 0 Å². The Balaban J connectivity index is 2.18. The van der Waals surface area contributed by atoms with Gasteiger partial charge in [-0.05, 0) is 37.3 Å². The van der Waals surface area contributed by atoms with Crippen molar-refractivity contribution < 1.29 is 9.18 Å². The van der Waals surface area contributed by atoms with Crippen LogP contribution in [-0.2, 0) is 0 Å². The Morgan fingerprint density at radius 3 is 2.90 bits per heavy atom. The van der Waals surface area contributed by atoms with Crippen LogP contribution in [0.25, 0.3) is 0 Å². The molecule has 106 valence electrons. The molecule has 21 heavy (non-hydrogen) atoms. The number of nitrogens with zero attached hydrogens (tertiary/aromatic N) is 2. The van der Waals surface area contributed by atoms with Crippen molar-refractivity contribution >= 4 is 17.4 Å². The molecule has 0 fully saturated rings. The van der Waals surface area contributed by atoms with Crippen LogP contribution >= 0.6 is 0 Å². The number of pyridine rings is 1. The first-order valence-electron chi connectivity index (χ1n) is 6.35. The Morgan fingerprint density at radius 2 is 2.19 bits per heavy atom. The highest BCUT2D eigenvalue weighted by Crippen LogP contribution is 2.15. The molecule has 2 aromatic rings. The molecule has 0 aliphatic carbocycles. The van der Waals surface area contributed by atoms with Gasteiger partial charge in [0.2, 0.25) is 0 Å². The number of amides is 1. The van der Waals surface area contributed by atoms with E-state index in [1.54, 1.807) is 18.2 Å². The van der Waals surface area contributed by atoms with Gasteiger partial charge in [0.05, 0.1) is 5.56 Å². The quantitative estimate of drug-likeness (QED) is 0.905. The van der Waals surface area contributed by atoms with Crippen molar-refractivity contribution in [2.45, 2.75) is 6.92 Å². The standard InChI is InChI=1S/C15H13FN4O/c1-2-18-14-8-10(5-6-19-14)15(21)20-12-3-4-13(16)11(7-12)9-17/h3-8H,2H2,1H3,(H,18,19)(H,20,21). The van der Waals surface area contributed by atoms with Gasteiger partial charge in [-0.2, -0.15) is 5.26 Å². The van der Waals surface area contributed by atoms with Gasteiger partial charge in [-0.15, -0.1) is 0 Å². The molecule has 2 N–H and O–H groups in total. The van der Waals surface area contributed by atoms with E-state index < -0.39 is 5.82 Å². The second-order valence-electron chi connectivity index (χ2n) is 4.22. The number of hydrogen-bond donors (Lipinski definition) is 2. The number of nitrogens with one attached hydrogen (secondary N) is 2. The van der Waals surface area contributed by atoms with Gasteiger partial charge in [0.15, 0.2) is 0 Å². The maximum Gasteiger partial charge on any atom is 0.255 e. The molecule has 1 aromatic heterocycles. The highest BCUT2D eigenvalue weighted by atomic mass is 19.1. The van der Waals surface area contributed by atoms with Gasteiger partial charge in [-0.3, -0.25) is 4.79 Å². The Hall–Kier alpha value is -2.94. The minimum atomic E-state index is -0.617. The number of nitriles is 1. The molecule has 5 nitrogen and oxygen atoms in total. The van der Waals surface area contributed by atoms with Crippen molar-refractivity contribution in [2.24, 2.45) is 0 Å². The van der Waals surface area contributed by atoms with Crippen LogP contribution in [0.5, 0.6) is 0 Å². The topological polar surface area (TPSA) is 77.8 Å². The zero-order chi connectivity index (χ0) is 15.2. The van der Waals surface area contributed by atoms with Crippen LogP contribution in [0.15, 0.2) is 36.5 Å². The molecule has 6 heteroatoms. The third-order valence-corrected chi connectivity index (χ3v) is 2.72. The van der Waals surface area contributed by atoms with E-state index in [1.807, 2.05) is 6.92 Å². The largest absolute Gasteiger partial charge is 0.370 e. The van der Waals surface area contributed by atoms with E-state index in [2.05, 4.69) is 15.6 Å². The fraction of sp³-hybridized carbons (Fsp3) is 0.133. The first kappa shape index (κ1) is 14.5. The molecule has 0 aliphatic rings. The van der Waals surface area contributed by atoms with Gasteiger partial charge in [0.25, 0.3) is 5.91 Å². The van der Waals surface area contributed by atoms with E-state index in [0.29, 0.717) is 23.6 Å². The predicted molar refractivity (Wildman–Crippen MR) is 77.5 cm³/mol. The maximum absolute atomic E-state index is 13.2. The number of benzene rings is 1. The summed E-state index contributed by atoms with van der Waals surface area (Å²) >= 11 is 0. The fourth-order valence-corrected chi connectivity index (χ4v) is 1.74. The first-order valence-corrected chi connectivity index (χ1v) is 6.35. The summed E-state index contributed by atoms with van der Waals surface area (Å²) in [5.41, 5.74) is 0.666. The lowest BCUT2D eigenvalue weighted by molar-refractivity contribution is 0.102. The number of anilines is 2. The second-order valence-corrected chi connectivity index (χ2v) is 4.22. The first-order chi connectivity index (χ1) is 10.1. The van der Waals surface area contributed by atoms with Crippen LogP contribution in [0.1, 0.15) is 22.8 Å². The highest BCUT2D eigenvalue weighted by molar-refractivity contribution is 6.04. The number of carbonyl (C=O) groups is 1. The Morgan fingerprint density at radius 1 is 1.38 bits per heavy atom. The van der Waals surface area contributed by atoms with Gasteiger partial charge in [0, 0.05) is 24.0 Å². The number of aromatic nitrogens is 1. The minimum Gasteiger partial charge on any atom is -0.370 e. The molecule has 0 saturated carbocycles. The van der Waals surface area contributed by atoms with E-state index in [9.17, 15) is 9.18 Å².